The molecular formula is C16H16N4O2S2. The molecule has 3 rings (SSSR count). The summed E-state index contributed by atoms with van der Waals surface area (Å²) in [6, 6.07) is 10.2. The molecule has 0 saturated heterocycles. The van der Waals surface area contributed by atoms with E-state index in [2.05, 4.69) is 32.6 Å². The SMILES string of the molecule is Cc1nc(-c2nnc(NC(=O)CCCSc3ccccc3)o2)cs1. The molecule has 0 fully saturated rings. The van der Waals surface area contributed by atoms with Gasteiger partial charge in [-0.1, -0.05) is 23.3 Å². The van der Waals surface area contributed by atoms with Crippen molar-refractivity contribution in [1.29, 1.82) is 0 Å². The second kappa shape index (κ2) is 8.07. The molecule has 3 aromatic rings. The lowest BCUT2D eigenvalue weighted by Crippen LogP contribution is -2.11. The molecule has 1 amide bonds. The zero-order valence-corrected chi connectivity index (χ0v) is 14.7. The number of amides is 1. The highest BCUT2D eigenvalue weighted by atomic mass is 32.2. The predicted molar refractivity (Wildman–Crippen MR) is 95.2 cm³/mol. The van der Waals surface area contributed by atoms with E-state index in [1.54, 1.807) is 11.8 Å². The van der Waals surface area contributed by atoms with Gasteiger partial charge in [0.2, 0.25) is 5.91 Å². The van der Waals surface area contributed by atoms with E-state index >= 15 is 0 Å². The lowest BCUT2D eigenvalue weighted by atomic mass is 10.3. The van der Waals surface area contributed by atoms with E-state index in [-0.39, 0.29) is 11.9 Å². The third-order valence-corrected chi connectivity index (χ3v) is 4.94. The van der Waals surface area contributed by atoms with Crippen LogP contribution in [0.3, 0.4) is 0 Å². The summed E-state index contributed by atoms with van der Waals surface area (Å²) in [5, 5.41) is 13.1. The summed E-state index contributed by atoms with van der Waals surface area (Å²) in [5.41, 5.74) is 0.629. The standard InChI is InChI=1S/C16H16N4O2S2/c1-11-17-13(10-24-11)15-19-20-16(22-15)18-14(21)8-5-9-23-12-6-3-2-4-7-12/h2-4,6-7,10H,5,8-9H2,1H3,(H,18,20,21). The highest BCUT2D eigenvalue weighted by molar-refractivity contribution is 7.99. The van der Waals surface area contributed by atoms with E-state index in [4.69, 9.17) is 4.42 Å². The number of nitrogens with one attached hydrogen (secondary N) is 1. The maximum atomic E-state index is 11.9. The van der Waals surface area contributed by atoms with Crippen molar-refractivity contribution in [1.82, 2.24) is 15.2 Å². The van der Waals surface area contributed by atoms with Gasteiger partial charge in [0.05, 0.1) is 5.01 Å². The molecule has 0 aliphatic carbocycles. The first kappa shape index (κ1) is 16.7. The molecule has 2 heterocycles. The summed E-state index contributed by atoms with van der Waals surface area (Å²) in [7, 11) is 0. The average molecular weight is 360 g/mol. The number of hydrogen-bond donors (Lipinski definition) is 1. The molecule has 0 bridgehead atoms. The lowest BCUT2D eigenvalue weighted by molar-refractivity contribution is -0.116. The van der Waals surface area contributed by atoms with Gasteiger partial charge in [-0.05, 0) is 31.2 Å². The second-order valence-corrected chi connectivity index (χ2v) is 7.21. The third kappa shape index (κ3) is 4.65. The van der Waals surface area contributed by atoms with Crippen molar-refractivity contribution in [3.63, 3.8) is 0 Å². The average Bonchev–Trinajstić information content (AvgIpc) is 3.21. The number of anilines is 1. The molecule has 1 N–H and O–H groups in total. The van der Waals surface area contributed by atoms with E-state index in [1.807, 2.05) is 30.5 Å². The van der Waals surface area contributed by atoms with Gasteiger partial charge >= 0.3 is 6.01 Å². The van der Waals surface area contributed by atoms with Crippen LogP contribution in [0.15, 0.2) is 45.0 Å². The van der Waals surface area contributed by atoms with Gasteiger partial charge in [-0.25, -0.2) is 4.98 Å². The fourth-order valence-electron chi connectivity index (χ4n) is 1.96. The predicted octanol–water partition coefficient (Wildman–Crippen LogP) is 4.01. The Morgan fingerprint density at radius 2 is 2.12 bits per heavy atom. The molecule has 24 heavy (non-hydrogen) atoms. The number of carbonyl (C=O) groups is 1. The van der Waals surface area contributed by atoms with Crippen LogP contribution >= 0.6 is 23.1 Å². The number of aryl methyl sites for hydroxylation is 1. The Morgan fingerprint density at radius 1 is 1.29 bits per heavy atom. The van der Waals surface area contributed by atoms with Crippen LogP contribution in [0.2, 0.25) is 0 Å². The Bertz CT molecular complexity index is 801. The second-order valence-electron chi connectivity index (χ2n) is 4.98. The molecule has 0 saturated carbocycles. The highest BCUT2D eigenvalue weighted by Crippen LogP contribution is 2.22. The fraction of sp³-hybridized carbons (Fsp3) is 0.250. The van der Waals surface area contributed by atoms with Crippen molar-refractivity contribution in [2.45, 2.75) is 24.7 Å². The number of hydrogen-bond acceptors (Lipinski definition) is 7. The first-order valence-electron chi connectivity index (χ1n) is 7.44. The first-order valence-corrected chi connectivity index (χ1v) is 9.31. The number of thiazole rings is 1. The highest BCUT2D eigenvalue weighted by Gasteiger charge is 2.13. The summed E-state index contributed by atoms with van der Waals surface area (Å²) < 4.78 is 5.41. The van der Waals surface area contributed by atoms with Crippen LogP contribution in [-0.4, -0.2) is 26.8 Å². The van der Waals surface area contributed by atoms with Crippen molar-refractivity contribution in [2.24, 2.45) is 0 Å². The Kier molecular flexibility index (Phi) is 5.60. The molecule has 2 aromatic heterocycles. The van der Waals surface area contributed by atoms with E-state index in [9.17, 15) is 4.79 Å². The number of rotatable bonds is 7. The molecule has 0 aliphatic heterocycles. The normalized spacial score (nSPS) is 10.7. The monoisotopic (exact) mass is 360 g/mol. The molecule has 0 unspecified atom stereocenters. The van der Waals surface area contributed by atoms with Crippen LogP contribution in [0.4, 0.5) is 6.01 Å². The van der Waals surface area contributed by atoms with Crippen LogP contribution in [0.1, 0.15) is 17.8 Å². The van der Waals surface area contributed by atoms with E-state index in [0.29, 0.717) is 18.0 Å². The minimum Gasteiger partial charge on any atom is -0.401 e. The van der Waals surface area contributed by atoms with Crippen molar-refractivity contribution in [3.8, 4) is 11.6 Å². The van der Waals surface area contributed by atoms with Crippen LogP contribution in [0.25, 0.3) is 11.6 Å². The molecule has 6 nitrogen and oxygen atoms in total. The van der Waals surface area contributed by atoms with Gasteiger partial charge in [0.1, 0.15) is 5.69 Å². The molecule has 1 aromatic carbocycles. The fourth-order valence-corrected chi connectivity index (χ4v) is 3.42. The van der Waals surface area contributed by atoms with E-state index < -0.39 is 0 Å². The Balaban J connectivity index is 1.43. The maximum absolute atomic E-state index is 11.9. The summed E-state index contributed by atoms with van der Waals surface area (Å²) in [4.78, 5) is 17.4. The molecule has 8 heteroatoms. The third-order valence-electron chi connectivity index (χ3n) is 3.07. The van der Waals surface area contributed by atoms with Crippen molar-refractivity contribution < 1.29 is 9.21 Å². The summed E-state index contributed by atoms with van der Waals surface area (Å²) in [6.45, 7) is 1.90. The number of carbonyl (C=O) groups excluding carboxylic acids is 1. The van der Waals surface area contributed by atoms with Gasteiger partial charge < -0.3 is 4.42 Å². The van der Waals surface area contributed by atoms with Gasteiger partial charge in [-0.15, -0.1) is 28.2 Å². The van der Waals surface area contributed by atoms with Crippen molar-refractivity contribution in [3.05, 3.63) is 40.7 Å². The van der Waals surface area contributed by atoms with Gasteiger partial charge in [-0.3, -0.25) is 10.1 Å². The Morgan fingerprint density at radius 3 is 2.88 bits per heavy atom. The quantitative estimate of drug-likeness (QED) is 0.506. The largest absolute Gasteiger partial charge is 0.401 e. The van der Waals surface area contributed by atoms with Crippen molar-refractivity contribution in [2.75, 3.05) is 11.1 Å². The topological polar surface area (TPSA) is 80.9 Å². The summed E-state index contributed by atoms with van der Waals surface area (Å²) in [6.07, 6.45) is 1.19. The molecule has 0 spiro atoms. The van der Waals surface area contributed by atoms with Crippen molar-refractivity contribution >= 4 is 35.0 Å². The van der Waals surface area contributed by atoms with Crippen LogP contribution in [0, 0.1) is 6.92 Å². The Labute approximate surface area is 147 Å². The number of thioether (sulfide) groups is 1. The van der Waals surface area contributed by atoms with E-state index in [0.717, 1.165) is 17.2 Å². The molecule has 0 radical (unpaired) electrons. The zero-order chi connectivity index (χ0) is 16.8. The van der Waals surface area contributed by atoms with Gasteiger partial charge in [-0.2, -0.15) is 0 Å². The van der Waals surface area contributed by atoms with Crippen LogP contribution in [-0.2, 0) is 4.79 Å². The zero-order valence-electron chi connectivity index (χ0n) is 13.1. The van der Waals surface area contributed by atoms with Gasteiger partial charge in [0.15, 0.2) is 0 Å². The maximum Gasteiger partial charge on any atom is 0.322 e. The van der Waals surface area contributed by atoms with Crippen LogP contribution in [0.5, 0.6) is 0 Å². The summed E-state index contributed by atoms with van der Waals surface area (Å²) in [5.74, 6) is 1.06. The Hall–Kier alpha value is -2.19. The smallest absolute Gasteiger partial charge is 0.322 e. The number of benzene rings is 1. The van der Waals surface area contributed by atoms with Crippen LogP contribution < -0.4 is 5.32 Å². The minimum absolute atomic E-state index is 0.108. The van der Waals surface area contributed by atoms with E-state index in [1.165, 1.54) is 16.2 Å². The van der Waals surface area contributed by atoms with Gasteiger partial charge in [0.25, 0.3) is 5.89 Å². The number of aromatic nitrogens is 3. The first-order chi connectivity index (χ1) is 11.7. The molecular weight excluding hydrogens is 344 g/mol. The molecule has 124 valence electrons. The summed E-state index contributed by atoms with van der Waals surface area (Å²) >= 11 is 3.24. The lowest BCUT2D eigenvalue weighted by Gasteiger charge is -2.01. The van der Waals surface area contributed by atoms with Gasteiger partial charge in [0, 0.05) is 16.7 Å². The number of nitrogens with zero attached hydrogens (tertiary/aromatic N) is 3. The molecule has 0 aliphatic rings. The minimum atomic E-state index is -0.131. The molecule has 0 atom stereocenters.